The van der Waals surface area contributed by atoms with Gasteiger partial charge in [-0.1, -0.05) is 13.8 Å². The molecule has 5 heteroatoms. The fourth-order valence-electron chi connectivity index (χ4n) is 1.87. The van der Waals surface area contributed by atoms with Gasteiger partial charge in [-0.25, -0.2) is 0 Å². The molecule has 104 valence electrons. The molecule has 1 N–H and O–H groups in total. The summed E-state index contributed by atoms with van der Waals surface area (Å²) in [5.74, 6) is 0. The molecule has 0 aliphatic carbocycles. The summed E-state index contributed by atoms with van der Waals surface area (Å²) in [4.78, 5) is 0. The molecule has 0 saturated carbocycles. The monoisotopic (exact) mass is 317 g/mol. The number of hydrogen-bond acceptors (Lipinski definition) is 3. The van der Waals surface area contributed by atoms with E-state index in [-0.39, 0.29) is 6.04 Å². The van der Waals surface area contributed by atoms with Crippen molar-refractivity contribution in [1.29, 1.82) is 0 Å². The number of rotatable bonds is 9. The average molecular weight is 318 g/mol. The number of nitrogens with zero attached hydrogens (tertiary/aromatic N) is 2. The van der Waals surface area contributed by atoms with Crippen LogP contribution in [0.15, 0.2) is 10.7 Å². The zero-order valence-corrected chi connectivity index (χ0v) is 13.2. The Balaban J connectivity index is 2.75. The molecule has 4 nitrogen and oxygen atoms in total. The Morgan fingerprint density at radius 3 is 2.78 bits per heavy atom. The molecule has 0 aromatic carbocycles. The second-order valence-corrected chi connectivity index (χ2v) is 5.13. The molecule has 0 spiro atoms. The SMILES string of the molecule is CCCNC(COCCC)c1c(Br)cnn1CC. The Morgan fingerprint density at radius 1 is 1.39 bits per heavy atom. The van der Waals surface area contributed by atoms with Crippen molar-refractivity contribution < 1.29 is 4.74 Å². The molecule has 0 amide bonds. The number of ether oxygens (including phenoxy) is 1. The Kier molecular flexibility index (Phi) is 7.54. The van der Waals surface area contributed by atoms with Gasteiger partial charge in [0.2, 0.25) is 0 Å². The summed E-state index contributed by atoms with van der Waals surface area (Å²) in [6.45, 7) is 9.76. The second-order valence-electron chi connectivity index (χ2n) is 4.28. The number of aromatic nitrogens is 2. The number of aryl methyl sites for hydroxylation is 1. The average Bonchev–Trinajstić information content (AvgIpc) is 2.75. The van der Waals surface area contributed by atoms with E-state index in [0.29, 0.717) is 6.61 Å². The molecule has 0 fully saturated rings. The van der Waals surface area contributed by atoms with Gasteiger partial charge in [-0.3, -0.25) is 4.68 Å². The first-order valence-electron chi connectivity index (χ1n) is 6.76. The zero-order valence-electron chi connectivity index (χ0n) is 11.6. The van der Waals surface area contributed by atoms with Crippen molar-refractivity contribution in [3.8, 4) is 0 Å². The highest BCUT2D eigenvalue weighted by atomic mass is 79.9. The summed E-state index contributed by atoms with van der Waals surface area (Å²) in [6, 6.07) is 0.202. The molecule has 0 aliphatic heterocycles. The van der Waals surface area contributed by atoms with Crippen molar-refractivity contribution in [3.63, 3.8) is 0 Å². The Labute approximate surface area is 118 Å². The van der Waals surface area contributed by atoms with Crippen LogP contribution in [-0.2, 0) is 11.3 Å². The maximum Gasteiger partial charge on any atom is 0.0741 e. The van der Waals surface area contributed by atoms with Gasteiger partial charge in [0.25, 0.3) is 0 Å². The predicted octanol–water partition coefficient (Wildman–Crippen LogP) is 3.13. The van der Waals surface area contributed by atoms with Gasteiger partial charge in [-0.05, 0) is 42.2 Å². The summed E-state index contributed by atoms with van der Waals surface area (Å²) in [5.41, 5.74) is 1.18. The Hall–Kier alpha value is -0.390. The summed E-state index contributed by atoms with van der Waals surface area (Å²) in [6.07, 6.45) is 4.02. The van der Waals surface area contributed by atoms with Crippen LogP contribution in [0, 0.1) is 0 Å². The molecule has 1 atom stereocenters. The van der Waals surface area contributed by atoms with Gasteiger partial charge in [-0.2, -0.15) is 5.10 Å². The van der Waals surface area contributed by atoms with Crippen molar-refractivity contribution in [2.24, 2.45) is 0 Å². The molecule has 1 heterocycles. The van der Waals surface area contributed by atoms with Crippen molar-refractivity contribution in [2.45, 2.75) is 46.2 Å². The minimum absolute atomic E-state index is 0.202. The number of nitrogens with one attached hydrogen (secondary N) is 1. The highest BCUT2D eigenvalue weighted by Crippen LogP contribution is 2.23. The van der Waals surface area contributed by atoms with Crippen LogP contribution < -0.4 is 5.32 Å². The van der Waals surface area contributed by atoms with Gasteiger partial charge in [0.15, 0.2) is 0 Å². The minimum atomic E-state index is 0.202. The van der Waals surface area contributed by atoms with Gasteiger partial charge in [0.05, 0.1) is 29.0 Å². The van der Waals surface area contributed by atoms with Gasteiger partial charge in [0, 0.05) is 13.2 Å². The zero-order chi connectivity index (χ0) is 13.4. The first kappa shape index (κ1) is 15.7. The van der Waals surface area contributed by atoms with Gasteiger partial charge in [-0.15, -0.1) is 0 Å². The third-order valence-corrected chi connectivity index (χ3v) is 3.35. The fourth-order valence-corrected chi connectivity index (χ4v) is 2.44. The molecular weight excluding hydrogens is 294 g/mol. The van der Waals surface area contributed by atoms with Crippen LogP contribution in [-0.4, -0.2) is 29.5 Å². The van der Waals surface area contributed by atoms with Crippen molar-refractivity contribution in [3.05, 3.63) is 16.4 Å². The maximum atomic E-state index is 5.70. The third-order valence-electron chi connectivity index (χ3n) is 2.74. The molecule has 1 aromatic heterocycles. The first-order chi connectivity index (χ1) is 8.74. The summed E-state index contributed by atoms with van der Waals surface area (Å²) < 4.78 is 8.77. The standard InChI is InChI=1S/C13H24BrN3O/c1-4-7-15-12(10-18-8-5-2)13-11(14)9-16-17(13)6-3/h9,12,15H,4-8,10H2,1-3H3. The quantitative estimate of drug-likeness (QED) is 0.711. The van der Waals surface area contributed by atoms with E-state index in [0.717, 1.165) is 37.0 Å². The summed E-state index contributed by atoms with van der Waals surface area (Å²) >= 11 is 3.58. The normalized spacial score (nSPS) is 12.9. The molecular formula is C13H24BrN3O. The second kappa shape index (κ2) is 8.67. The number of halogens is 1. The minimum Gasteiger partial charge on any atom is -0.379 e. The largest absolute Gasteiger partial charge is 0.379 e. The van der Waals surface area contributed by atoms with E-state index in [1.54, 1.807) is 0 Å². The smallest absolute Gasteiger partial charge is 0.0741 e. The summed E-state index contributed by atoms with van der Waals surface area (Å²) in [7, 11) is 0. The maximum absolute atomic E-state index is 5.70. The molecule has 18 heavy (non-hydrogen) atoms. The van der Waals surface area contributed by atoms with E-state index in [9.17, 15) is 0 Å². The van der Waals surface area contributed by atoms with Crippen LogP contribution in [0.25, 0.3) is 0 Å². The van der Waals surface area contributed by atoms with Crippen LogP contribution >= 0.6 is 15.9 Å². The molecule has 1 unspecified atom stereocenters. The molecule has 0 saturated heterocycles. The van der Waals surface area contributed by atoms with Crippen LogP contribution in [0.1, 0.15) is 45.3 Å². The molecule has 1 aromatic rings. The highest BCUT2D eigenvalue weighted by molar-refractivity contribution is 9.10. The molecule has 0 bridgehead atoms. The lowest BCUT2D eigenvalue weighted by Crippen LogP contribution is -2.29. The van der Waals surface area contributed by atoms with E-state index < -0.39 is 0 Å². The predicted molar refractivity (Wildman–Crippen MR) is 77.7 cm³/mol. The Morgan fingerprint density at radius 2 is 2.17 bits per heavy atom. The lowest BCUT2D eigenvalue weighted by molar-refractivity contribution is 0.109. The van der Waals surface area contributed by atoms with Crippen molar-refractivity contribution in [1.82, 2.24) is 15.1 Å². The molecule has 1 rings (SSSR count). The van der Waals surface area contributed by atoms with E-state index in [1.165, 1.54) is 5.69 Å². The van der Waals surface area contributed by atoms with Crippen molar-refractivity contribution in [2.75, 3.05) is 19.8 Å². The lowest BCUT2D eigenvalue weighted by atomic mass is 10.2. The fraction of sp³-hybridized carbons (Fsp3) is 0.769. The topological polar surface area (TPSA) is 39.1 Å². The molecule has 0 radical (unpaired) electrons. The van der Waals surface area contributed by atoms with Gasteiger partial charge < -0.3 is 10.1 Å². The summed E-state index contributed by atoms with van der Waals surface area (Å²) in [5, 5.41) is 7.90. The van der Waals surface area contributed by atoms with Crippen LogP contribution in [0.4, 0.5) is 0 Å². The third kappa shape index (κ3) is 4.37. The van der Waals surface area contributed by atoms with Crippen LogP contribution in [0.2, 0.25) is 0 Å². The van der Waals surface area contributed by atoms with Gasteiger partial charge >= 0.3 is 0 Å². The lowest BCUT2D eigenvalue weighted by Gasteiger charge is -2.20. The van der Waals surface area contributed by atoms with Gasteiger partial charge in [0.1, 0.15) is 0 Å². The van der Waals surface area contributed by atoms with Crippen molar-refractivity contribution >= 4 is 15.9 Å². The van der Waals surface area contributed by atoms with E-state index in [1.807, 2.05) is 10.9 Å². The Bertz CT molecular complexity index is 341. The number of hydrogen-bond donors (Lipinski definition) is 1. The molecule has 0 aliphatic rings. The van der Waals surface area contributed by atoms with E-state index in [2.05, 4.69) is 47.1 Å². The van der Waals surface area contributed by atoms with E-state index >= 15 is 0 Å². The first-order valence-corrected chi connectivity index (χ1v) is 7.56. The van der Waals surface area contributed by atoms with E-state index in [4.69, 9.17) is 4.74 Å². The highest BCUT2D eigenvalue weighted by Gasteiger charge is 2.19. The van der Waals surface area contributed by atoms with Crippen LogP contribution in [0.3, 0.4) is 0 Å². The van der Waals surface area contributed by atoms with Crippen LogP contribution in [0.5, 0.6) is 0 Å².